The van der Waals surface area contributed by atoms with E-state index >= 15 is 0 Å². The first kappa shape index (κ1) is 15.5. The summed E-state index contributed by atoms with van der Waals surface area (Å²) in [7, 11) is 0. The molecule has 2 N–H and O–H groups in total. The molecular weight excluding hydrogens is 291 g/mol. The summed E-state index contributed by atoms with van der Waals surface area (Å²) in [6.45, 7) is 2.02. The van der Waals surface area contributed by atoms with Crippen LogP contribution in [0.5, 0.6) is 0 Å². The van der Waals surface area contributed by atoms with Crippen molar-refractivity contribution in [2.45, 2.75) is 32.6 Å². The fourth-order valence-corrected chi connectivity index (χ4v) is 3.05. The molecule has 2 aromatic carbocycles. The molecule has 0 unspecified atom stereocenters. The van der Waals surface area contributed by atoms with Gasteiger partial charge in [0.05, 0.1) is 6.54 Å². The van der Waals surface area contributed by atoms with Crippen molar-refractivity contribution in [3.05, 3.63) is 58.9 Å². The Balaban J connectivity index is 1.64. The number of fused-ring (bicyclic) bond motifs is 1. The lowest BCUT2D eigenvalue weighted by Crippen LogP contribution is -2.23. The first-order valence-electron chi connectivity index (χ1n) is 8.04. The van der Waals surface area contributed by atoms with Gasteiger partial charge in [-0.15, -0.1) is 0 Å². The molecule has 0 aliphatic heterocycles. The molecule has 0 saturated heterocycles. The van der Waals surface area contributed by atoms with Gasteiger partial charge >= 0.3 is 0 Å². The topological polar surface area (TPSA) is 41.1 Å². The second-order valence-electron chi connectivity index (χ2n) is 6.01. The van der Waals surface area contributed by atoms with E-state index in [9.17, 15) is 9.18 Å². The molecule has 3 rings (SSSR count). The van der Waals surface area contributed by atoms with Crippen LogP contribution in [0.3, 0.4) is 0 Å². The number of anilines is 2. The Hall–Kier alpha value is -2.36. The number of halogens is 1. The Labute approximate surface area is 135 Å². The molecule has 1 amide bonds. The fraction of sp³-hybridized carbons (Fsp3) is 0.316. The van der Waals surface area contributed by atoms with Crippen molar-refractivity contribution in [2.24, 2.45) is 0 Å². The van der Waals surface area contributed by atoms with Crippen LogP contribution in [0, 0.1) is 12.7 Å². The van der Waals surface area contributed by atoms with Gasteiger partial charge in [-0.05, 0) is 67.5 Å². The average Bonchev–Trinajstić information content (AvgIpc) is 2.56. The smallest absolute Gasteiger partial charge is 0.243 e. The highest BCUT2D eigenvalue weighted by atomic mass is 19.1. The van der Waals surface area contributed by atoms with E-state index in [-0.39, 0.29) is 18.3 Å². The number of carbonyl (C=O) groups excluding carboxylic acids is 1. The number of hydrogen-bond acceptors (Lipinski definition) is 2. The van der Waals surface area contributed by atoms with Gasteiger partial charge < -0.3 is 10.6 Å². The second kappa shape index (κ2) is 6.82. The molecule has 1 aliphatic rings. The second-order valence-corrected chi connectivity index (χ2v) is 6.01. The molecule has 1 aliphatic carbocycles. The van der Waals surface area contributed by atoms with Crippen LogP contribution in [-0.2, 0) is 17.6 Å². The van der Waals surface area contributed by atoms with Crippen LogP contribution in [0.1, 0.15) is 29.5 Å². The van der Waals surface area contributed by atoms with E-state index in [0.717, 1.165) is 24.1 Å². The van der Waals surface area contributed by atoms with E-state index in [1.165, 1.54) is 36.1 Å². The first-order chi connectivity index (χ1) is 11.1. The van der Waals surface area contributed by atoms with Gasteiger partial charge in [-0.3, -0.25) is 4.79 Å². The van der Waals surface area contributed by atoms with Crippen LogP contribution >= 0.6 is 0 Å². The van der Waals surface area contributed by atoms with Gasteiger partial charge in [-0.25, -0.2) is 4.39 Å². The summed E-state index contributed by atoms with van der Waals surface area (Å²) in [5, 5.41) is 5.98. The van der Waals surface area contributed by atoms with Crippen molar-refractivity contribution in [1.82, 2.24) is 0 Å². The van der Waals surface area contributed by atoms with Crippen LogP contribution in [0.4, 0.5) is 15.8 Å². The molecule has 23 heavy (non-hydrogen) atoms. The van der Waals surface area contributed by atoms with E-state index in [1.807, 2.05) is 19.1 Å². The molecule has 0 radical (unpaired) electrons. The van der Waals surface area contributed by atoms with Crippen LogP contribution in [0.2, 0.25) is 0 Å². The number of aryl methyl sites for hydroxylation is 2. The van der Waals surface area contributed by atoms with Gasteiger partial charge in [0, 0.05) is 11.4 Å². The molecule has 2 aromatic rings. The summed E-state index contributed by atoms with van der Waals surface area (Å²) < 4.78 is 13.3. The predicted octanol–water partition coefficient (Wildman–Crippen LogP) is 4.06. The average molecular weight is 312 g/mol. The maximum atomic E-state index is 13.3. The molecular formula is C19H21FN2O. The lowest BCUT2D eigenvalue weighted by atomic mass is 9.90. The number of hydrogen-bond donors (Lipinski definition) is 2. The van der Waals surface area contributed by atoms with Crippen LogP contribution in [0.25, 0.3) is 0 Å². The highest BCUT2D eigenvalue weighted by Gasteiger charge is 2.13. The molecule has 3 nitrogen and oxygen atoms in total. The number of amides is 1. The van der Waals surface area contributed by atoms with Crippen LogP contribution in [0.15, 0.2) is 36.4 Å². The van der Waals surface area contributed by atoms with E-state index < -0.39 is 0 Å². The molecule has 0 atom stereocenters. The normalized spacial score (nSPS) is 13.3. The van der Waals surface area contributed by atoms with Gasteiger partial charge in [-0.2, -0.15) is 0 Å². The standard InChI is InChI=1S/C19H21FN2O/c1-13-9-10-15(20)11-18(13)22-19(23)12-21-17-8-4-6-14-5-2-3-7-16(14)17/h4,6,8-11,21H,2-3,5,7,12H2,1H3,(H,22,23). The SMILES string of the molecule is Cc1ccc(F)cc1NC(=O)CNc1cccc2c1CCCC2. The molecule has 120 valence electrons. The monoisotopic (exact) mass is 312 g/mol. The van der Waals surface area contributed by atoms with E-state index in [0.29, 0.717) is 5.69 Å². The third-order valence-corrected chi connectivity index (χ3v) is 4.31. The first-order valence-corrected chi connectivity index (χ1v) is 8.04. The highest BCUT2D eigenvalue weighted by Crippen LogP contribution is 2.27. The summed E-state index contributed by atoms with van der Waals surface area (Å²) in [5.74, 6) is -0.525. The van der Waals surface area contributed by atoms with Gasteiger partial charge in [0.15, 0.2) is 0 Å². The quantitative estimate of drug-likeness (QED) is 0.894. The zero-order chi connectivity index (χ0) is 16.2. The summed E-state index contributed by atoms with van der Waals surface area (Å²) in [6, 6.07) is 10.6. The maximum Gasteiger partial charge on any atom is 0.243 e. The van der Waals surface area contributed by atoms with Crippen molar-refractivity contribution < 1.29 is 9.18 Å². The lowest BCUT2D eigenvalue weighted by Gasteiger charge is -2.20. The zero-order valence-electron chi connectivity index (χ0n) is 13.3. The minimum absolute atomic E-state index is 0.173. The molecule has 0 aromatic heterocycles. The molecule has 0 heterocycles. The van der Waals surface area contributed by atoms with Crippen molar-refractivity contribution in [3.63, 3.8) is 0 Å². The van der Waals surface area contributed by atoms with Gasteiger partial charge in [0.1, 0.15) is 5.82 Å². The zero-order valence-corrected chi connectivity index (χ0v) is 13.3. The van der Waals surface area contributed by atoms with Crippen molar-refractivity contribution in [1.29, 1.82) is 0 Å². The van der Waals surface area contributed by atoms with Crippen molar-refractivity contribution in [3.8, 4) is 0 Å². The Kier molecular flexibility index (Phi) is 4.60. The summed E-state index contributed by atoms with van der Waals surface area (Å²) in [6.07, 6.45) is 4.60. The van der Waals surface area contributed by atoms with Gasteiger partial charge in [0.2, 0.25) is 5.91 Å². The summed E-state index contributed by atoms with van der Waals surface area (Å²) in [4.78, 5) is 12.1. The Morgan fingerprint density at radius 3 is 2.83 bits per heavy atom. The van der Waals surface area contributed by atoms with E-state index in [4.69, 9.17) is 0 Å². The lowest BCUT2D eigenvalue weighted by molar-refractivity contribution is -0.114. The Morgan fingerprint density at radius 2 is 1.96 bits per heavy atom. The molecule has 0 fully saturated rings. The van der Waals surface area contributed by atoms with E-state index in [2.05, 4.69) is 16.7 Å². The van der Waals surface area contributed by atoms with Crippen molar-refractivity contribution >= 4 is 17.3 Å². The number of nitrogens with one attached hydrogen (secondary N) is 2. The third kappa shape index (κ3) is 3.70. The summed E-state index contributed by atoms with van der Waals surface area (Å²) in [5.41, 5.74) is 5.10. The highest BCUT2D eigenvalue weighted by molar-refractivity contribution is 5.94. The predicted molar refractivity (Wildman–Crippen MR) is 91.3 cm³/mol. The van der Waals surface area contributed by atoms with Crippen molar-refractivity contribution in [2.75, 3.05) is 17.2 Å². The number of carbonyl (C=O) groups is 1. The maximum absolute atomic E-state index is 13.3. The largest absolute Gasteiger partial charge is 0.376 e. The molecule has 0 saturated carbocycles. The third-order valence-electron chi connectivity index (χ3n) is 4.31. The van der Waals surface area contributed by atoms with Crippen LogP contribution < -0.4 is 10.6 Å². The number of rotatable bonds is 4. The van der Waals surface area contributed by atoms with E-state index in [1.54, 1.807) is 6.07 Å². The minimum Gasteiger partial charge on any atom is -0.376 e. The van der Waals surface area contributed by atoms with Crippen LogP contribution in [-0.4, -0.2) is 12.5 Å². The molecule has 0 bridgehead atoms. The Bertz CT molecular complexity index is 727. The fourth-order valence-electron chi connectivity index (χ4n) is 3.05. The van der Waals surface area contributed by atoms with Gasteiger partial charge in [-0.1, -0.05) is 18.2 Å². The summed E-state index contributed by atoms with van der Waals surface area (Å²) >= 11 is 0. The number of benzene rings is 2. The van der Waals surface area contributed by atoms with Gasteiger partial charge in [0.25, 0.3) is 0 Å². The Morgan fingerprint density at radius 1 is 1.13 bits per heavy atom. The molecule has 0 spiro atoms. The molecule has 4 heteroatoms. The minimum atomic E-state index is -0.351.